The van der Waals surface area contributed by atoms with Crippen LogP contribution in [0.4, 0.5) is 5.69 Å². The van der Waals surface area contributed by atoms with Gasteiger partial charge in [0, 0.05) is 11.9 Å². The van der Waals surface area contributed by atoms with Crippen molar-refractivity contribution in [3.05, 3.63) is 18.2 Å². The van der Waals surface area contributed by atoms with E-state index < -0.39 is 5.56 Å². The first kappa shape index (κ1) is 7.76. The van der Waals surface area contributed by atoms with Crippen molar-refractivity contribution >= 4 is 17.4 Å². The highest BCUT2D eigenvalue weighted by Gasteiger charge is 2.24. The summed E-state index contributed by atoms with van der Waals surface area (Å²) in [6, 6.07) is 5.08. The third kappa shape index (κ3) is 1.04. The molecule has 0 radical (unpaired) electrons. The van der Waals surface area contributed by atoms with E-state index >= 15 is 0 Å². The van der Waals surface area contributed by atoms with E-state index in [-0.39, 0.29) is 5.75 Å². The Bertz CT molecular complexity index is 316. The molecule has 1 heterocycles. The third-order valence-electron chi connectivity index (χ3n) is 1.89. The van der Waals surface area contributed by atoms with Crippen molar-refractivity contribution in [3.63, 3.8) is 0 Å². The van der Waals surface area contributed by atoms with Crippen molar-refractivity contribution < 1.29 is 10.2 Å². The van der Waals surface area contributed by atoms with E-state index in [0.717, 1.165) is 10.6 Å². The van der Waals surface area contributed by atoms with Crippen LogP contribution in [0.2, 0.25) is 0 Å². The monoisotopic (exact) mass is 183 g/mol. The van der Waals surface area contributed by atoms with Gasteiger partial charge in [-0.05, 0) is 18.2 Å². The van der Waals surface area contributed by atoms with Crippen LogP contribution in [0.5, 0.6) is 5.75 Å². The molecule has 0 bridgehead atoms. The van der Waals surface area contributed by atoms with E-state index in [2.05, 4.69) is 0 Å². The lowest BCUT2D eigenvalue weighted by molar-refractivity contribution is 0.267. The van der Waals surface area contributed by atoms with Crippen LogP contribution in [-0.4, -0.2) is 22.8 Å². The Morgan fingerprint density at radius 3 is 3.00 bits per heavy atom. The van der Waals surface area contributed by atoms with E-state index in [9.17, 15) is 5.11 Å². The largest absolute Gasteiger partial charge is 0.508 e. The Morgan fingerprint density at radius 2 is 2.25 bits per heavy atom. The van der Waals surface area contributed by atoms with Crippen LogP contribution in [0.25, 0.3) is 0 Å². The van der Waals surface area contributed by atoms with Crippen molar-refractivity contribution in [1.82, 2.24) is 0 Å². The molecule has 1 unspecified atom stereocenters. The molecule has 4 heteroatoms. The first-order valence-corrected chi connectivity index (χ1v) is 4.47. The van der Waals surface area contributed by atoms with Gasteiger partial charge >= 0.3 is 0 Å². The number of aliphatic hydroxyl groups is 1. The van der Waals surface area contributed by atoms with Gasteiger partial charge in [-0.25, -0.2) is 0 Å². The maximum atomic E-state index is 9.42. The predicted octanol–water partition coefficient (Wildman–Crippen LogP) is 1.21. The molecule has 0 aliphatic carbocycles. The fraction of sp³-hybridized carbons (Fsp3) is 0.250. The molecule has 1 aromatic rings. The minimum atomic E-state index is -0.526. The zero-order valence-corrected chi connectivity index (χ0v) is 7.38. The second-order valence-electron chi connectivity index (χ2n) is 2.71. The highest BCUT2D eigenvalue weighted by molar-refractivity contribution is 8.00. The van der Waals surface area contributed by atoms with Crippen LogP contribution >= 0.6 is 11.8 Å². The van der Waals surface area contributed by atoms with E-state index in [4.69, 9.17) is 5.11 Å². The number of hydrogen-bond donors (Lipinski definition) is 2. The molecule has 3 nitrogen and oxygen atoms in total. The van der Waals surface area contributed by atoms with Crippen LogP contribution in [0.3, 0.4) is 0 Å². The number of phenolic OH excluding ortho intramolecular Hbond substituents is 1. The zero-order valence-electron chi connectivity index (χ0n) is 6.56. The van der Waals surface area contributed by atoms with Gasteiger partial charge in [-0.2, -0.15) is 0 Å². The summed E-state index contributed by atoms with van der Waals surface area (Å²) in [4.78, 5) is 2.68. The Balaban J connectivity index is 2.47. The number of aliphatic hydroxyl groups excluding tert-OH is 1. The Labute approximate surface area is 74.6 Å². The lowest BCUT2D eigenvalue weighted by atomic mass is 10.3. The van der Waals surface area contributed by atoms with E-state index in [0.29, 0.717) is 0 Å². The van der Waals surface area contributed by atoms with Gasteiger partial charge in [0.1, 0.15) is 5.75 Å². The smallest absolute Gasteiger partial charge is 0.180 e. The number of anilines is 1. The van der Waals surface area contributed by atoms with Gasteiger partial charge < -0.3 is 15.1 Å². The molecule has 0 spiro atoms. The van der Waals surface area contributed by atoms with Crippen molar-refractivity contribution in [3.8, 4) is 5.75 Å². The van der Waals surface area contributed by atoms with Gasteiger partial charge in [-0.3, -0.25) is 0 Å². The van der Waals surface area contributed by atoms with Gasteiger partial charge in [0.05, 0.1) is 5.69 Å². The van der Waals surface area contributed by atoms with Crippen LogP contribution in [0.15, 0.2) is 23.1 Å². The molecule has 0 amide bonds. The third-order valence-corrected chi connectivity index (χ3v) is 3.00. The minimum Gasteiger partial charge on any atom is -0.508 e. The summed E-state index contributed by atoms with van der Waals surface area (Å²) < 4.78 is 0. The molecule has 12 heavy (non-hydrogen) atoms. The predicted molar refractivity (Wildman–Crippen MR) is 48.4 cm³/mol. The van der Waals surface area contributed by atoms with Crippen molar-refractivity contribution in [1.29, 1.82) is 0 Å². The van der Waals surface area contributed by atoms with Crippen molar-refractivity contribution in [2.24, 2.45) is 0 Å². The molecular formula is C8H9NO2S. The number of fused-ring (bicyclic) bond motifs is 1. The molecule has 64 valence electrons. The van der Waals surface area contributed by atoms with Gasteiger partial charge in [0.25, 0.3) is 0 Å². The van der Waals surface area contributed by atoms with Gasteiger partial charge in [-0.15, -0.1) is 0 Å². The Kier molecular flexibility index (Phi) is 1.66. The number of nitrogens with zero attached hydrogens (tertiary/aromatic N) is 1. The Hall–Kier alpha value is -0.870. The molecule has 0 aromatic heterocycles. The number of hydrogen-bond acceptors (Lipinski definition) is 4. The first-order valence-electron chi connectivity index (χ1n) is 3.59. The maximum absolute atomic E-state index is 9.42. The Morgan fingerprint density at radius 1 is 1.50 bits per heavy atom. The molecular weight excluding hydrogens is 174 g/mol. The molecule has 1 aromatic carbocycles. The lowest BCUT2D eigenvalue weighted by Gasteiger charge is -2.15. The van der Waals surface area contributed by atoms with Crippen molar-refractivity contribution in [2.45, 2.75) is 10.5 Å². The summed E-state index contributed by atoms with van der Waals surface area (Å²) in [6.45, 7) is 0. The second kappa shape index (κ2) is 2.57. The fourth-order valence-electron chi connectivity index (χ4n) is 1.20. The zero-order chi connectivity index (χ0) is 8.72. The van der Waals surface area contributed by atoms with Crippen LogP contribution in [0.1, 0.15) is 0 Å². The van der Waals surface area contributed by atoms with E-state index in [1.165, 1.54) is 11.8 Å². The number of rotatable bonds is 0. The highest BCUT2D eigenvalue weighted by atomic mass is 32.2. The SMILES string of the molecule is CN1c2ccc(O)cc2SC1O. The van der Waals surface area contributed by atoms with Gasteiger partial charge in [0.2, 0.25) is 0 Å². The van der Waals surface area contributed by atoms with Gasteiger partial charge in [-0.1, -0.05) is 11.8 Å². The average Bonchev–Trinajstić information content (AvgIpc) is 2.28. The first-order chi connectivity index (χ1) is 5.68. The van der Waals surface area contributed by atoms with Crippen LogP contribution in [-0.2, 0) is 0 Å². The second-order valence-corrected chi connectivity index (χ2v) is 3.80. The van der Waals surface area contributed by atoms with Crippen LogP contribution < -0.4 is 4.90 Å². The average molecular weight is 183 g/mol. The molecule has 0 fully saturated rings. The maximum Gasteiger partial charge on any atom is 0.180 e. The summed E-state index contributed by atoms with van der Waals surface area (Å²) in [7, 11) is 1.82. The summed E-state index contributed by atoms with van der Waals surface area (Å²) in [5.41, 5.74) is 0.437. The summed E-state index contributed by atoms with van der Waals surface area (Å²) >= 11 is 1.33. The topological polar surface area (TPSA) is 43.7 Å². The van der Waals surface area contributed by atoms with Crippen LogP contribution in [0, 0.1) is 0 Å². The van der Waals surface area contributed by atoms with E-state index in [1.54, 1.807) is 23.1 Å². The minimum absolute atomic E-state index is 0.240. The molecule has 0 saturated heterocycles. The number of phenols is 1. The molecule has 2 rings (SSSR count). The number of aromatic hydroxyl groups is 1. The van der Waals surface area contributed by atoms with E-state index in [1.807, 2.05) is 7.05 Å². The fourth-order valence-corrected chi connectivity index (χ4v) is 2.22. The highest BCUT2D eigenvalue weighted by Crippen LogP contribution is 2.42. The standard InChI is InChI=1S/C8H9NO2S/c1-9-6-3-2-5(10)4-7(6)12-8(9)11/h2-4,8,10-11H,1H3. The molecule has 1 aliphatic heterocycles. The van der Waals surface area contributed by atoms with Crippen molar-refractivity contribution in [2.75, 3.05) is 11.9 Å². The quantitative estimate of drug-likeness (QED) is 0.634. The lowest BCUT2D eigenvalue weighted by Crippen LogP contribution is -2.23. The number of thioether (sulfide) groups is 1. The normalized spacial score (nSPS) is 21.2. The molecule has 2 N–H and O–H groups in total. The van der Waals surface area contributed by atoms with Gasteiger partial charge in [0.15, 0.2) is 5.56 Å². The molecule has 1 aliphatic rings. The summed E-state index contributed by atoms with van der Waals surface area (Å²) in [5.74, 6) is 0.240. The summed E-state index contributed by atoms with van der Waals surface area (Å²) in [6.07, 6.45) is 0. The molecule has 1 atom stereocenters. The summed E-state index contributed by atoms with van der Waals surface area (Å²) in [5, 5.41) is 18.6. The molecule has 0 saturated carbocycles. The number of benzene rings is 1.